The fourth-order valence-electron chi connectivity index (χ4n) is 4.81. The molecule has 43 heavy (non-hydrogen) atoms. The molecule has 228 valence electrons. The molecule has 0 atom stereocenters. The molecule has 4 rings (SSSR count). The molecule has 0 spiro atoms. The van der Waals surface area contributed by atoms with Gasteiger partial charge >= 0.3 is 0 Å². The second-order valence-electron chi connectivity index (χ2n) is 12.3. The van der Waals surface area contributed by atoms with Crippen molar-refractivity contribution in [1.82, 2.24) is 15.1 Å². The molecule has 1 aromatic heterocycles. The first-order valence-corrected chi connectivity index (χ1v) is 15.5. The molecule has 4 aromatic rings. The zero-order chi connectivity index (χ0) is 31.2. The van der Waals surface area contributed by atoms with Crippen LogP contribution in [0.25, 0.3) is 16.9 Å². The Kier molecular flexibility index (Phi) is 10.3. The van der Waals surface area contributed by atoms with Gasteiger partial charge in [0.15, 0.2) is 0 Å². The molecule has 1 heterocycles. The number of aromatic nitrogens is 2. The first-order chi connectivity index (χ1) is 20.4. The van der Waals surface area contributed by atoms with Crippen molar-refractivity contribution in [3.8, 4) is 22.7 Å². The summed E-state index contributed by atoms with van der Waals surface area (Å²) >= 11 is 6.23. The molecule has 0 saturated carbocycles. The summed E-state index contributed by atoms with van der Waals surface area (Å²) in [6.45, 7) is 14.6. The van der Waals surface area contributed by atoms with Gasteiger partial charge in [0.25, 0.3) is 5.91 Å². The smallest absolute Gasteiger partial charge is 0.270 e. The van der Waals surface area contributed by atoms with Crippen molar-refractivity contribution in [1.29, 1.82) is 0 Å². The standard InChI is InChI=1S/C36H43ClFN3O2/c1-7-35(3,4)26-16-19-33(30(22-26)36(5,6)8-2)43-21-10-9-20-39-34(42)32-24-31(25-14-17-28(38)18-15-25)40-41(32)29-13-11-12-27(37)23-29/h11-19,22-24H,7-10,20-21H2,1-6H3,(H,39,42). The third-order valence-electron chi connectivity index (χ3n) is 8.51. The van der Waals surface area contributed by atoms with Gasteiger partial charge in [-0.2, -0.15) is 5.10 Å². The van der Waals surface area contributed by atoms with E-state index in [-0.39, 0.29) is 22.6 Å². The normalized spacial score (nSPS) is 11.9. The van der Waals surface area contributed by atoms with Gasteiger partial charge in [0.2, 0.25) is 0 Å². The number of hydrogen-bond acceptors (Lipinski definition) is 3. The topological polar surface area (TPSA) is 56.1 Å². The third kappa shape index (κ3) is 7.85. The lowest BCUT2D eigenvalue weighted by atomic mass is 9.76. The number of nitrogens with zero attached hydrogens (tertiary/aromatic N) is 2. The number of rotatable bonds is 13. The Morgan fingerprint density at radius 3 is 2.33 bits per heavy atom. The minimum atomic E-state index is -0.331. The van der Waals surface area contributed by atoms with Crippen LogP contribution in [-0.4, -0.2) is 28.8 Å². The Hall–Kier alpha value is -3.64. The predicted molar refractivity (Wildman–Crippen MR) is 174 cm³/mol. The Labute approximate surface area is 260 Å². The van der Waals surface area contributed by atoms with Crippen LogP contribution in [0, 0.1) is 5.82 Å². The average Bonchev–Trinajstić information content (AvgIpc) is 3.45. The Morgan fingerprint density at radius 2 is 1.65 bits per heavy atom. The van der Waals surface area contributed by atoms with Gasteiger partial charge < -0.3 is 10.1 Å². The number of unbranched alkanes of at least 4 members (excludes halogenated alkanes) is 1. The van der Waals surface area contributed by atoms with E-state index in [0.29, 0.717) is 40.8 Å². The van der Waals surface area contributed by atoms with Crippen LogP contribution in [0.1, 0.15) is 88.8 Å². The Bertz CT molecular complexity index is 1540. The van der Waals surface area contributed by atoms with Crippen molar-refractivity contribution < 1.29 is 13.9 Å². The maximum absolute atomic E-state index is 13.5. The average molecular weight is 604 g/mol. The minimum absolute atomic E-state index is 0.00182. The van der Waals surface area contributed by atoms with Gasteiger partial charge in [-0.3, -0.25) is 4.79 Å². The lowest BCUT2D eigenvalue weighted by Gasteiger charge is -2.30. The molecule has 0 fully saturated rings. The van der Waals surface area contributed by atoms with Crippen molar-refractivity contribution in [2.75, 3.05) is 13.2 Å². The SMILES string of the molecule is CCC(C)(C)c1ccc(OCCCCNC(=O)c2cc(-c3ccc(F)cc3)nn2-c2cccc(Cl)c2)c(C(C)(C)CC)c1. The summed E-state index contributed by atoms with van der Waals surface area (Å²) in [4.78, 5) is 13.3. The molecule has 0 aliphatic carbocycles. The first kappa shape index (κ1) is 32.3. The summed E-state index contributed by atoms with van der Waals surface area (Å²) in [5.74, 6) is 0.357. The quantitative estimate of drug-likeness (QED) is 0.155. The molecule has 0 radical (unpaired) electrons. The largest absolute Gasteiger partial charge is 0.493 e. The molecule has 0 unspecified atom stereocenters. The van der Waals surface area contributed by atoms with E-state index in [1.165, 1.54) is 23.3 Å². The molecule has 3 aromatic carbocycles. The van der Waals surface area contributed by atoms with Crippen molar-refractivity contribution in [3.63, 3.8) is 0 Å². The zero-order valence-electron chi connectivity index (χ0n) is 26.1. The van der Waals surface area contributed by atoms with Gasteiger partial charge in [0, 0.05) is 22.7 Å². The summed E-state index contributed by atoms with van der Waals surface area (Å²) < 4.78 is 21.4. The van der Waals surface area contributed by atoms with E-state index in [1.807, 2.05) is 12.1 Å². The van der Waals surface area contributed by atoms with Crippen LogP contribution in [0.3, 0.4) is 0 Å². The lowest BCUT2D eigenvalue weighted by Crippen LogP contribution is -2.27. The van der Waals surface area contributed by atoms with E-state index in [0.717, 1.165) is 31.4 Å². The molecule has 1 N–H and O–H groups in total. The molecule has 0 bridgehead atoms. The fourth-order valence-corrected chi connectivity index (χ4v) is 5.00. The Balaban J connectivity index is 1.40. The van der Waals surface area contributed by atoms with Crippen molar-refractivity contribution in [3.05, 3.63) is 100 Å². The third-order valence-corrected chi connectivity index (χ3v) is 8.74. The zero-order valence-corrected chi connectivity index (χ0v) is 26.9. The molecular formula is C36H43ClFN3O2. The van der Waals surface area contributed by atoms with E-state index in [9.17, 15) is 9.18 Å². The summed E-state index contributed by atoms with van der Waals surface area (Å²) in [5.41, 5.74) is 5.01. The summed E-state index contributed by atoms with van der Waals surface area (Å²) in [6, 6.07) is 21.6. The number of halogens is 2. The summed E-state index contributed by atoms with van der Waals surface area (Å²) in [7, 11) is 0. The maximum atomic E-state index is 13.5. The van der Waals surface area contributed by atoms with Crippen molar-refractivity contribution in [2.45, 2.75) is 78.1 Å². The van der Waals surface area contributed by atoms with Crippen LogP contribution >= 0.6 is 11.6 Å². The molecule has 7 heteroatoms. The molecule has 0 aliphatic rings. The number of nitrogens with one attached hydrogen (secondary N) is 1. The summed E-state index contributed by atoms with van der Waals surface area (Å²) in [5, 5.41) is 8.21. The Morgan fingerprint density at radius 1 is 0.930 bits per heavy atom. The number of carbonyl (C=O) groups excluding carboxylic acids is 1. The predicted octanol–water partition coefficient (Wildman–Crippen LogP) is 9.30. The highest BCUT2D eigenvalue weighted by molar-refractivity contribution is 6.30. The van der Waals surface area contributed by atoms with Gasteiger partial charge in [-0.05, 0) is 96.7 Å². The molecule has 5 nitrogen and oxygen atoms in total. The van der Waals surface area contributed by atoms with Crippen molar-refractivity contribution >= 4 is 17.5 Å². The van der Waals surface area contributed by atoms with Crippen LogP contribution in [0.2, 0.25) is 5.02 Å². The van der Waals surface area contributed by atoms with Gasteiger partial charge in [-0.15, -0.1) is 0 Å². The fraction of sp³-hybridized carbons (Fsp3) is 0.389. The number of carbonyl (C=O) groups is 1. The second-order valence-corrected chi connectivity index (χ2v) is 12.7. The van der Waals surface area contributed by atoms with Crippen LogP contribution in [0.4, 0.5) is 4.39 Å². The highest BCUT2D eigenvalue weighted by Crippen LogP contribution is 2.38. The van der Waals surface area contributed by atoms with Crippen molar-refractivity contribution in [2.24, 2.45) is 0 Å². The molecular weight excluding hydrogens is 561 g/mol. The van der Waals surface area contributed by atoms with Gasteiger partial charge in [0.05, 0.1) is 18.0 Å². The van der Waals surface area contributed by atoms with Crippen LogP contribution in [0.5, 0.6) is 5.75 Å². The molecule has 0 aliphatic heterocycles. The number of benzene rings is 3. The number of amides is 1. The minimum Gasteiger partial charge on any atom is -0.493 e. The number of ether oxygens (including phenoxy) is 1. The first-order valence-electron chi connectivity index (χ1n) is 15.1. The second kappa shape index (κ2) is 13.8. The van der Waals surface area contributed by atoms with E-state index in [2.05, 4.69) is 70.2 Å². The lowest BCUT2D eigenvalue weighted by molar-refractivity contribution is 0.0944. The monoisotopic (exact) mass is 603 g/mol. The van der Waals surface area contributed by atoms with E-state index in [4.69, 9.17) is 16.3 Å². The van der Waals surface area contributed by atoms with Crippen LogP contribution < -0.4 is 10.1 Å². The highest BCUT2D eigenvalue weighted by Gasteiger charge is 2.26. The molecule has 0 saturated heterocycles. The molecule has 1 amide bonds. The maximum Gasteiger partial charge on any atom is 0.270 e. The van der Waals surface area contributed by atoms with Crippen LogP contribution in [-0.2, 0) is 10.8 Å². The summed E-state index contributed by atoms with van der Waals surface area (Å²) in [6.07, 6.45) is 3.64. The van der Waals surface area contributed by atoms with E-state index >= 15 is 0 Å². The van der Waals surface area contributed by atoms with Gasteiger partial charge in [0.1, 0.15) is 17.3 Å². The highest BCUT2D eigenvalue weighted by atomic mass is 35.5. The van der Waals surface area contributed by atoms with E-state index < -0.39 is 0 Å². The number of hydrogen-bond donors (Lipinski definition) is 1. The van der Waals surface area contributed by atoms with Crippen LogP contribution in [0.15, 0.2) is 72.8 Å². The van der Waals surface area contributed by atoms with Gasteiger partial charge in [-0.25, -0.2) is 9.07 Å². The van der Waals surface area contributed by atoms with E-state index in [1.54, 1.807) is 35.0 Å². The van der Waals surface area contributed by atoms with Gasteiger partial charge in [-0.1, -0.05) is 71.3 Å².